The number of anilines is 1. The van der Waals surface area contributed by atoms with E-state index in [0.717, 1.165) is 0 Å². The summed E-state index contributed by atoms with van der Waals surface area (Å²) < 4.78 is 32.3. The molecule has 2 aromatic rings. The van der Waals surface area contributed by atoms with E-state index in [1.807, 2.05) is 0 Å². The van der Waals surface area contributed by atoms with Crippen molar-refractivity contribution >= 4 is 22.6 Å². The summed E-state index contributed by atoms with van der Waals surface area (Å²) in [6.07, 6.45) is -1.42. The maximum absolute atomic E-state index is 13.5. The normalized spacial score (nSPS) is 21.3. The third-order valence-corrected chi connectivity index (χ3v) is 3.89. The van der Waals surface area contributed by atoms with Gasteiger partial charge in [-0.1, -0.05) is 0 Å². The first-order chi connectivity index (χ1) is 11.2. The Balaban J connectivity index is 1.99. The fourth-order valence-electron chi connectivity index (χ4n) is 2.78. The number of hydrogen-bond donors (Lipinski definition) is 0. The van der Waals surface area contributed by atoms with Crippen LogP contribution in [-0.4, -0.2) is 42.0 Å². The SMILES string of the molecule is CC(C)(C)OC(=O)c1ccnc2ccc(N3C[C@@H](F)[C@@H](F)C3)cc12. The van der Waals surface area contributed by atoms with Crippen LogP contribution in [0.25, 0.3) is 10.9 Å². The van der Waals surface area contributed by atoms with Crippen molar-refractivity contribution in [2.45, 2.75) is 38.7 Å². The van der Waals surface area contributed by atoms with E-state index in [1.165, 1.54) is 0 Å². The van der Waals surface area contributed by atoms with Gasteiger partial charge in [-0.25, -0.2) is 13.6 Å². The summed E-state index contributed by atoms with van der Waals surface area (Å²) in [7, 11) is 0. The number of rotatable bonds is 2. The van der Waals surface area contributed by atoms with Gasteiger partial charge in [0.2, 0.25) is 0 Å². The Labute approximate surface area is 139 Å². The van der Waals surface area contributed by atoms with Gasteiger partial charge in [0, 0.05) is 17.3 Å². The van der Waals surface area contributed by atoms with Gasteiger partial charge in [0.15, 0.2) is 12.3 Å². The van der Waals surface area contributed by atoms with Crippen molar-refractivity contribution < 1.29 is 18.3 Å². The molecule has 0 saturated carbocycles. The van der Waals surface area contributed by atoms with Gasteiger partial charge >= 0.3 is 5.97 Å². The molecule has 1 saturated heterocycles. The minimum absolute atomic E-state index is 0.00864. The Hall–Kier alpha value is -2.24. The highest BCUT2D eigenvalue weighted by atomic mass is 19.2. The van der Waals surface area contributed by atoms with Crippen LogP contribution in [0.3, 0.4) is 0 Å². The lowest BCUT2D eigenvalue weighted by atomic mass is 10.1. The molecule has 0 N–H and O–H groups in total. The largest absolute Gasteiger partial charge is 0.456 e. The minimum Gasteiger partial charge on any atom is -0.456 e. The van der Waals surface area contributed by atoms with Gasteiger partial charge in [-0.15, -0.1) is 0 Å². The van der Waals surface area contributed by atoms with Gasteiger partial charge in [-0.2, -0.15) is 0 Å². The molecule has 2 atom stereocenters. The van der Waals surface area contributed by atoms with Gasteiger partial charge in [0.1, 0.15) is 5.60 Å². The van der Waals surface area contributed by atoms with E-state index in [9.17, 15) is 13.6 Å². The van der Waals surface area contributed by atoms with E-state index < -0.39 is 23.9 Å². The highest BCUT2D eigenvalue weighted by molar-refractivity contribution is 6.04. The molecule has 2 heterocycles. The van der Waals surface area contributed by atoms with Crippen molar-refractivity contribution in [2.75, 3.05) is 18.0 Å². The van der Waals surface area contributed by atoms with Gasteiger partial charge in [0.25, 0.3) is 0 Å². The number of nitrogens with zero attached hydrogens (tertiary/aromatic N) is 2. The first kappa shape index (κ1) is 16.6. The number of aromatic nitrogens is 1. The zero-order valence-electron chi connectivity index (χ0n) is 13.9. The van der Waals surface area contributed by atoms with E-state index in [2.05, 4.69) is 4.98 Å². The Morgan fingerprint density at radius 2 is 1.88 bits per heavy atom. The van der Waals surface area contributed by atoms with Crippen molar-refractivity contribution in [2.24, 2.45) is 0 Å². The van der Waals surface area contributed by atoms with E-state index >= 15 is 0 Å². The number of esters is 1. The average molecular weight is 334 g/mol. The molecule has 0 spiro atoms. The number of alkyl halides is 2. The number of ether oxygens (including phenoxy) is 1. The average Bonchev–Trinajstić information content (AvgIpc) is 2.84. The van der Waals surface area contributed by atoms with Crippen LogP contribution in [0, 0.1) is 0 Å². The van der Waals surface area contributed by atoms with Gasteiger partial charge < -0.3 is 9.64 Å². The second kappa shape index (κ2) is 6.00. The Morgan fingerprint density at radius 1 is 1.21 bits per heavy atom. The maximum Gasteiger partial charge on any atom is 0.339 e. The molecule has 0 unspecified atom stereocenters. The van der Waals surface area contributed by atoms with Crippen LogP contribution < -0.4 is 4.90 Å². The van der Waals surface area contributed by atoms with Crippen molar-refractivity contribution in [3.8, 4) is 0 Å². The third kappa shape index (κ3) is 3.32. The van der Waals surface area contributed by atoms with Crippen molar-refractivity contribution in [1.29, 1.82) is 0 Å². The molecule has 1 aliphatic rings. The highest BCUT2D eigenvalue weighted by Gasteiger charge is 2.33. The lowest BCUT2D eigenvalue weighted by molar-refractivity contribution is 0.00718. The fourth-order valence-corrected chi connectivity index (χ4v) is 2.78. The smallest absolute Gasteiger partial charge is 0.339 e. The Bertz CT molecular complexity index is 763. The number of carbonyl (C=O) groups excluding carboxylic acids is 1. The molecular formula is C18H20F2N2O2. The molecule has 6 heteroatoms. The molecule has 4 nitrogen and oxygen atoms in total. The monoisotopic (exact) mass is 334 g/mol. The first-order valence-electron chi connectivity index (χ1n) is 7.90. The summed E-state index contributed by atoms with van der Waals surface area (Å²) in [6, 6.07) is 6.85. The van der Waals surface area contributed by atoms with Crippen LogP contribution in [0.4, 0.5) is 14.5 Å². The maximum atomic E-state index is 13.5. The summed E-state index contributed by atoms with van der Waals surface area (Å²) in [5.74, 6) is -0.444. The van der Waals surface area contributed by atoms with Crippen LogP contribution in [0.15, 0.2) is 30.5 Å². The highest BCUT2D eigenvalue weighted by Crippen LogP contribution is 2.29. The number of carbonyl (C=O) groups is 1. The van der Waals surface area contributed by atoms with Crippen molar-refractivity contribution in [3.63, 3.8) is 0 Å². The summed E-state index contributed by atoms with van der Waals surface area (Å²) in [5, 5.41) is 0.613. The summed E-state index contributed by atoms with van der Waals surface area (Å²) in [6.45, 7) is 5.41. The zero-order chi connectivity index (χ0) is 17.5. The Morgan fingerprint density at radius 3 is 2.50 bits per heavy atom. The van der Waals surface area contributed by atoms with Crippen LogP contribution >= 0.6 is 0 Å². The van der Waals surface area contributed by atoms with Crippen LogP contribution in [0.2, 0.25) is 0 Å². The van der Waals surface area contributed by atoms with Crippen LogP contribution in [-0.2, 0) is 4.74 Å². The lowest BCUT2D eigenvalue weighted by Crippen LogP contribution is -2.24. The number of halogens is 2. The summed E-state index contributed by atoms with van der Waals surface area (Å²) >= 11 is 0. The van der Waals surface area contributed by atoms with Gasteiger partial charge in [0.05, 0.1) is 24.2 Å². The third-order valence-electron chi connectivity index (χ3n) is 3.89. The van der Waals surface area contributed by atoms with Crippen molar-refractivity contribution in [1.82, 2.24) is 4.98 Å². The minimum atomic E-state index is -1.49. The molecule has 1 aliphatic heterocycles. The van der Waals surface area contributed by atoms with Gasteiger partial charge in [-0.05, 0) is 45.0 Å². The van der Waals surface area contributed by atoms with E-state index in [0.29, 0.717) is 22.2 Å². The summed E-state index contributed by atoms with van der Waals surface area (Å²) in [5.41, 5.74) is 1.09. The van der Waals surface area contributed by atoms with E-state index in [-0.39, 0.29) is 13.1 Å². The van der Waals surface area contributed by atoms with E-state index in [4.69, 9.17) is 4.74 Å². The molecule has 1 fully saturated rings. The number of fused-ring (bicyclic) bond motifs is 1. The standard InChI is InChI=1S/C18H20F2N2O2/c1-18(2,3)24-17(23)12-6-7-21-16-5-4-11(8-13(12)16)22-9-14(19)15(20)10-22/h4-8,14-15H,9-10H2,1-3H3/t14-,15+. The quantitative estimate of drug-likeness (QED) is 0.786. The zero-order valence-corrected chi connectivity index (χ0v) is 13.9. The second-order valence-corrected chi connectivity index (χ2v) is 7.00. The van der Waals surface area contributed by atoms with Gasteiger partial charge in [-0.3, -0.25) is 4.98 Å². The molecule has 3 rings (SSSR count). The topological polar surface area (TPSA) is 42.4 Å². The second-order valence-electron chi connectivity index (χ2n) is 7.00. The number of pyridine rings is 1. The van der Waals surface area contributed by atoms with Crippen molar-refractivity contribution in [3.05, 3.63) is 36.0 Å². The van der Waals surface area contributed by atoms with Crippen LogP contribution in [0.5, 0.6) is 0 Å². The number of benzene rings is 1. The first-order valence-corrected chi connectivity index (χ1v) is 7.90. The predicted octanol–water partition coefficient (Wildman–Crippen LogP) is 3.69. The Kier molecular flexibility index (Phi) is 4.15. The molecule has 128 valence electrons. The summed E-state index contributed by atoms with van der Waals surface area (Å²) in [4.78, 5) is 18.3. The molecule has 0 radical (unpaired) electrons. The molecule has 0 bridgehead atoms. The molecular weight excluding hydrogens is 314 g/mol. The van der Waals surface area contributed by atoms with Crippen LogP contribution in [0.1, 0.15) is 31.1 Å². The fraction of sp³-hybridized carbons (Fsp3) is 0.444. The lowest BCUT2D eigenvalue weighted by Gasteiger charge is -2.21. The predicted molar refractivity (Wildman–Crippen MR) is 88.9 cm³/mol. The molecule has 1 aromatic heterocycles. The molecule has 1 aromatic carbocycles. The van der Waals surface area contributed by atoms with E-state index in [1.54, 1.807) is 56.1 Å². The number of hydrogen-bond acceptors (Lipinski definition) is 4. The molecule has 24 heavy (non-hydrogen) atoms. The molecule has 0 aliphatic carbocycles. The molecule has 0 amide bonds.